The molecule has 0 aliphatic rings. The van der Waals surface area contributed by atoms with E-state index in [2.05, 4.69) is 10.4 Å². The predicted octanol–water partition coefficient (Wildman–Crippen LogP) is 2.33. The van der Waals surface area contributed by atoms with Gasteiger partial charge in [-0.05, 0) is 33.7 Å². The highest BCUT2D eigenvalue weighted by Crippen LogP contribution is 2.21. The van der Waals surface area contributed by atoms with E-state index in [0.717, 1.165) is 48.9 Å². The molecule has 0 bridgehead atoms. The highest BCUT2D eigenvalue weighted by molar-refractivity contribution is 6.31. The van der Waals surface area contributed by atoms with Gasteiger partial charge in [-0.25, -0.2) is 0 Å². The van der Waals surface area contributed by atoms with Crippen LogP contribution in [0.1, 0.15) is 31.2 Å². The standard InChI is InChI=1S/C13H24ClN3O/c1-5-18-8-6-7-11(15-3)9-12-13(14)10(2)16-17(12)4/h11,15H,5-9H2,1-4H3. The Kier molecular flexibility index (Phi) is 6.68. The molecule has 1 rings (SSSR count). The molecule has 0 aliphatic carbocycles. The molecule has 104 valence electrons. The van der Waals surface area contributed by atoms with Gasteiger partial charge in [-0.3, -0.25) is 4.68 Å². The molecule has 0 radical (unpaired) electrons. The van der Waals surface area contributed by atoms with Crippen LogP contribution in [0.2, 0.25) is 5.02 Å². The fourth-order valence-electron chi connectivity index (χ4n) is 2.06. The third-order valence-electron chi connectivity index (χ3n) is 3.16. The summed E-state index contributed by atoms with van der Waals surface area (Å²) in [5.41, 5.74) is 2.00. The van der Waals surface area contributed by atoms with E-state index in [1.807, 2.05) is 32.6 Å². The summed E-state index contributed by atoms with van der Waals surface area (Å²) < 4.78 is 7.24. The fraction of sp³-hybridized carbons (Fsp3) is 0.769. The number of ether oxygens (including phenoxy) is 1. The summed E-state index contributed by atoms with van der Waals surface area (Å²) in [4.78, 5) is 0. The van der Waals surface area contributed by atoms with Crippen LogP contribution in [0.25, 0.3) is 0 Å². The summed E-state index contributed by atoms with van der Waals surface area (Å²) in [6.45, 7) is 5.58. The molecule has 1 aromatic heterocycles. The van der Waals surface area contributed by atoms with Crippen molar-refractivity contribution in [3.8, 4) is 0 Å². The lowest BCUT2D eigenvalue weighted by Crippen LogP contribution is -2.29. The van der Waals surface area contributed by atoms with Gasteiger partial charge in [0, 0.05) is 32.7 Å². The summed E-state index contributed by atoms with van der Waals surface area (Å²) >= 11 is 6.26. The van der Waals surface area contributed by atoms with Gasteiger partial charge in [-0.15, -0.1) is 0 Å². The average molecular weight is 274 g/mol. The lowest BCUT2D eigenvalue weighted by molar-refractivity contribution is 0.141. The Morgan fingerprint density at radius 3 is 2.72 bits per heavy atom. The minimum absolute atomic E-state index is 0.415. The van der Waals surface area contributed by atoms with Crippen molar-refractivity contribution >= 4 is 11.6 Å². The molecule has 0 saturated heterocycles. The monoisotopic (exact) mass is 273 g/mol. The van der Waals surface area contributed by atoms with Crippen molar-refractivity contribution < 1.29 is 4.74 Å². The average Bonchev–Trinajstić information content (AvgIpc) is 2.59. The number of rotatable bonds is 8. The smallest absolute Gasteiger partial charge is 0.0847 e. The minimum Gasteiger partial charge on any atom is -0.382 e. The third kappa shape index (κ3) is 4.26. The summed E-state index contributed by atoms with van der Waals surface area (Å²) in [6, 6.07) is 0.415. The quantitative estimate of drug-likeness (QED) is 0.739. The van der Waals surface area contributed by atoms with Gasteiger partial charge in [-0.1, -0.05) is 11.6 Å². The maximum absolute atomic E-state index is 6.26. The normalized spacial score (nSPS) is 12.9. The van der Waals surface area contributed by atoms with Crippen LogP contribution in [0.3, 0.4) is 0 Å². The van der Waals surface area contributed by atoms with E-state index >= 15 is 0 Å². The molecule has 1 aromatic rings. The Balaban J connectivity index is 2.51. The number of likely N-dealkylation sites (N-methyl/N-ethyl adjacent to an activating group) is 1. The van der Waals surface area contributed by atoms with Gasteiger partial charge in [-0.2, -0.15) is 5.10 Å². The van der Waals surface area contributed by atoms with Crippen LogP contribution in [0.5, 0.6) is 0 Å². The molecule has 1 unspecified atom stereocenters. The number of halogens is 1. The first-order valence-electron chi connectivity index (χ1n) is 6.53. The number of hydrogen-bond donors (Lipinski definition) is 1. The Hall–Kier alpha value is -0.580. The molecule has 0 amide bonds. The number of nitrogens with one attached hydrogen (secondary N) is 1. The van der Waals surface area contributed by atoms with Crippen molar-refractivity contribution in [3.05, 3.63) is 16.4 Å². The van der Waals surface area contributed by atoms with Crippen LogP contribution in [-0.2, 0) is 18.2 Å². The Morgan fingerprint density at radius 2 is 2.22 bits per heavy atom. The van der Waals surface area contributed by atoms with E-state index < -0.39 is 0 Å². The second kappa shape index (κ2) is 7.77. The van der Waals surface area contributed by atoms with Crippen molar-refractivity contribution in [2.45, 2.75) is 39.2 Å². The highest BCUT2D eigenvalue weighted by Gasteiger charge is 2.15. The van der Waals surface area contributed by atoms with Crippen molar-refractivity contribution in [1.82, 2.24) is 15.1 Å². The van der Waals surface area contributed by atoms with Crippen LogP contribution in [0.4, 0.5) is 0 Å². The Bertz CT molecular complexity index is 365. The summed E-state index contributed by atoms with van der Waals surface area (Å²) in [7, 11) is 3.93. The molecular weight excluding hydrogens is 250 g/mol. The predicted molar refractivity (Wildman–Crippen MR) is 75.2 cm³/mol. The molecule has 1 N–H and O–H groups in total. The fourth-order valence-corrected chi connectivity index (χ4v) is 2.30. The summed E-state index contributed by atoms with van der Waals surface area (Å²) in [5.74, 6) is 0. The van der Waals surface area contributed by atoms with Gasteiger partial charge in [0.05, 0.1) is 16.4 Å². The van der Waals surface area contributed by atoms with E-state index in [1.165, 1.54) is 0 Å². The molecule has 0 aliphatic heterocycles. The maximum atomic E-state index is 6.26. The maximum Gasteiger partial charge on any atom is 0.0847 e. The van der Waals surface area contributed by atoms with Gasteiger partial charge in [0.15, 0.2) is 0 Å². The molecule has 0 fully saturated rings. The van der Waals surface area contributed by atoms with Gasteiger partial charge >= 0.3 is 0 Å². The van der Waals surface area contributed by atoms with E-state index in [-0.39, 0.29) is 0 Å². The van der Waals surface area contributed by atoms with Crippen LogP contribution in [0.15, 0.2) is 0 Å². The minimum atomic E-state index is 0.415. The largest absolute Gasteiger partial charge is 0.382 e. The molecule has 0 saturated carbocycles. The second-order valence-corrected chi connectivity index (χ2v) is 4.88. The summed E-state index contributed by atoms with van der Waals surface area (Å²) in [5, 5.41) is 8.47. The van der Waals surface area contributed by atoms with Gasteiger partial charge in [0.1, 0.15) is 0 Å². The summed E-state index contributed by atoms with van der Waals surface area (Å²) in [6.07, 6.45) is 3.05. The van der Waals surface area contributed by atoms with Crippen molar-refractivity contribution in [2.24, 2.45) is 7.05 Å². The zero-order chi connectivity index (χ0) is 13.5. The van der Waals surface area contributed by atoms with Crippen LogP contribution in [0, 0.1) is 6.92 Å². The Labute approximate surface area is 115 Å². The van der Waals surface area contributed by atoms with Crippen LogP contribution < -0.4 is 5.32 Å². The van der Waals surface area contributed by atoms with E-state index in [1.54, 1.807) is 0 Å². The molecule has 4 nitrogen and oxygen atoms in total. The second-order valence-electron chi connectivity index (χ2n) is 4.50. The first-order valence-corrected chi connectivity index (χ1v) is 6.90. The molecule has 1 heterocycles. The molecular formula is C13H24ClN3O. The first kappa shape index (κ1) is 15.5. The van der Waals surface area contributed by atoms with E-state index in [4.69, 9.17) is 16.3 Å². The number of nitrogens with zero attached hydrogens (tertiary/aromatic N) is 2. The third-order valence-corrected chi connectivity index (χ3v) is 3.65. The van der Waals surface area contributed by atoms with Crippen molar-refractivity contribution in [3.63, 3.8) is 0 Å². The number of hydrogen-bond acceptors (Lipinski definition) is 3. The molecule has 0 spiro atoms. The van der Waals surface area contributed by atoms with Gasteiger partial charge < -0.3 is 10.1 Å². The van der Waals surface area contributed by atoms with Crippen molar-refractivity contribution in [2.75, 3.05) is 20.3 Å². The lowest BCUT2D eigenvalue weighted by Gasteiger charge is -2.16. The highest BCUT2D eigenvalue weighted by atomic mass is 35.5. The molecule has 1 atom stereocenters. The molecule has 0 aromatic carbocycles. The van der Waals surface area contributed by atoms with Crippen LogP contribution >= 0.6 is 11.6 Å². The molecule has 5 heteroatoms. The van der Waals surface area contributed by atoms with Gasteiger partial charge in [0.25, 0.3) is 0 Å². The number of aromatic nitrogens is 2. The topological polar surface area (TPSA) is 39.1 Å². The zero-order valence-electron chi connectivity index (χ0n) is 11.8. The van der Waals surface area contributed by atoms with E-state index in [9.17, 15) is 0 Å². The van der Waals surface area contributed by atoms with E-state index in [0.29, 0.717) is 6.04 Å². The Morgan fingerprint density at radius 1 is 1.50 bits per heavy atom. The SMILES string of the molecule is CCOCCCC(Cc1c(Cl)c(C)nn1C)NC. The first-order chi connectivity index (χ1) is 8.60. The lowest BCUT2D eigenvalue weighted by atomic mass is 10.1. The van der Waals surface area contributed by atoms with Crippen LogP contribution in [-0.4, -0.2) is 36.1 Å². The number of aryl methyl sites for hydroxylation is 2. The van der Waals surface area contributed by atoms with Crippen molar-refractivity contribution in [1.29, 1.82) is 0 Å². The zero-order valence-corrected chi connectivity index (χ0v) is 12.5. The molecule has 18 heavy (non-hydrogen) atoms. The van der Waals surface area contributed by atoms with Gasteiger partial charge in [0.2, 0.25) is 0 Å².